The summed E-state index contributed by atoms with van der Waals surface area (Å²) in [6.07, 6.45) is -3.77. The van der Waals surface area contributed by atoms with Gasteiger partial charge < -0.3 is 20.1 Å². The molecule has 1 unspecified atom stereocenters. The van der Waals surface area contributed by atoms with Crippen molar-refractivity contribution in [1.29, 1.82) is 0 Å². The third-order valence-corrected chi connectivity index (χ3v) is 7.60. The van der Waals surface area contributed by atoms with Gasteiger partial charge in [0.25, 0.3) is 5.91 Å². The van der Waals surface area contributed by atoms with Crippen LogP contribution in [0.25, 0.3) is 0 Å². The van der Waals surface area contributed by atoms with Crippen LogP contribution in [-0.2, 0) is 26.2 Å². The van der Waals surface area contributed by atoms with E-state index in [2.05, 4.69) is 5.32 Å². The van der Waals surface area contributed by atoms with Crippen molar-refractivity contribution >= 4 is 17.5 Å². The van der Waals surface area contributed by atoms with Gasteiger partial charge in [0.1, 0.15) is 11.9 Å². The van der Waals surface area contributed by atoms with Gasteiger partial charge in [-0.15, -0.1) is 0 Å². The maximum absolute atomic E-state index is 13.2. The number of ether oxygens (including phenoxy) is 1. The maximum Gasteiger partial charge on any atom is 0.471 e. The van der Waals surface area contributed by atoms with E-state index in [0.29, 0.717) is 18.4 Å². The first kappa shape index (κ1) is 24.4. The van der Waals surface area contributed by atoms with E-state index < -0.39 is 35.1 Å². The smallest absolute Gasteiger partial charge is 0.471 e. The highest BCUT2D eigenvalue weighted by Gasteiger charge is 2.59. The Morgan fingerprint density at radius 1 is 1.31 bits per heavy atom. The van der Waals surface area contributed by atoms with Gasteiger partial charge in [0.15, 0.2) is 0 Å². The standard InChI is InChI=1S/C23H31F3N2O4/c1-6-7-17(32-5)19(30)27-15-12-14-13(10-16(15)29)11-18-21(2,3)22(14,4)8-9-28(18)20(31)23(24,25)26/h10,12,17-18,29H,6-9,11H2,1-5H3,(H,27,30)/t17?,18-,22+/m1/s1. The normalized spacial score (nSPS) is 25.1. The minimum absolute atomic E-state index is 0.00675. The van der Waals surface area contributed by atoms with Crippen molar-refractivity contribution in [3.05, 3.63) is 23.3 Å². The van der Waals surface area contributed by atoms with E-state index in [0.717, 1.165) is 16.9 Å². The van der Waals surface area contributed by atoms with Gasteiger partial charge in [0.05, 0.1) is 5.69 Å². The summed E-state index contributed by atoms with van der Waals surface area (Å²) in [5.41, 5.74) is 0.593. The summed E-state index contributed by atoms with van der Waals surface area (Å²) in [5, 5.41) is 13.3. The molecule has 1 aliphatic heterocycles. The number of halogens is 3. The Balaban J connectivity index is 2.00. The van der Waals surface area contributed by atoms with Crippen molar-refractivity contribution in [3.8, 4) is 5.75 Å². The van der Waals surface area contributed by atoms with Gasteiger partial charge in [0.2, 0.25) is 0 Å². The molecule has 32 heavy (non-hydrogen) atoms. The van der Waals surface area contributed by atoms with Crippen molar-refractivity contribution in [1.82, 2.24) is 4.90 Å². The number of hydrogen-bond acceptors (Lipinski definition) is 4. The summed E-state index contributed by atoms with van der Waals surface area (Å²) in [6, 6.07) is 2.56. The molecule has 2 aliphatic rings. The van der Waals surface area contributed by atoms with Crippen molar-refractivity contribution in [2.24, 2.45) is 5.41 Å². The zero-order valence-electron chi connectivity index (χ0n) is 19.1. The predicted octanol–water partition coefficient (Wildman–Crippen LogP) is 4.15. The first-order valence-corrected chi connectivity index (χ1v) is 10.9. The Kier molecular flexibility index (Phi) is 6.27. The number of nitrogens with zero attached hydrogens (tertiary/aromatic N) is 1. The second kappa shape index (κ2) is 8.24. The Labute approximate surface area is 186 Å². The molecule has 1 aromatic carbocycles. The molecule has 0 aromatic heterocycles. The van der Waals surface area contributed by atoms with Crippen molar-refractivity contribution in [2.75, 3.05) is 19.0 Å². The topological polar surface area (TPSA) is 78.9 Å². The fraction of sp³-hybridized carbons (Fsp3) is 0.652. The number of amides is 2. The highest BCUT2D eigenvalue weighted by Crippen LogP contribution is 2.57. The number of alkyl halides is 3. The molecule has 3 atom stereocenters. The molecule has 2 bridgehead atoms. The van der Waals surface area contributed by atoms with Crippen LogP contribution in [0.4, 0.5) is 18.9 Å². The molecule has 178 valence electrons. The largest absolute Gasteiger partial charge is 0.506 e. The molecule has 1 fully saturated rings. The summed E-state index contributed by atoms with van der Waals surface area (Å²) >= 11 is 0. The van der Waals surface area contributed by atoms with Gasteiger partial charge in [-0.25, -0.2) is 0 Å². The number of methoxy groups -OCH3 is 1. The molecule has 2 amide bonds. The number of aromatic hydroxyl groups is 1. The van der Waals surface area contributed by atoms with Crippen molar-refractivity contribution in [2.45, 2.75) is 77.1 Å². The maximum atomic E-state index is 13.2. The van der Waals surface area contributed by atoms with Gasteiger partial charge in [-0.05, 0) is 47.9 Å². The van der Waals surface area contributed by atoms with Crippen LogP contribution in [0.3, 0.4) is 0 Å². The van der Waals surface area contributed by atoms with Crippen LogP contribution in [0.2, 0.25) is 0 Å². The zero-order valence-corrected chi connectivity index (χ0v) is 19.1. The highest BCUT2D eigenvalue weighted by atomic mass is 19.4. The number of carbonyl (C=O) groups is 2. The lowest BCUT2D eigenvalue weighted by Crippen LogP contribution is -2.66. The van der Waals surface area contributed by atoms with Gasteiger partial charge in [-0.3, -0.25) is 9.59 Å². The van der Waals surface area contributed by atoms with Gasteiger partial charge in [-0.2, -0.15) is 13.2 Å². The lowest BCUT2D eigenvalue weighted by atomic mass is 9.51. The van der Waals surface area contributed by atoms with E-state index in [9.17, 15) is 27.9 Å². The minimum Gasteiger partial charge on any atom is -0.506 e. The van der Waals surface area contributed by atoms with Crippen LogP contribution < -0.4 is 5.32 Å². The van der Waals surface area contributed by atoms with E-state index >= 15 is 0 Å². The molecule has 0 spiro atoms. The number of rotatable bonds is 5. The summed E-state index contributed by atoms with van der Waals surface area (Å²) in [7, 11) is 1.45. The fourth-order valence-electron chi connectivity index (χ4n) is 5.29. The molecule has 9 heteroatoms. The number of piperidine rings is 1. The number of phenols is 1. The number of anilines is 1. The summed E-state index contributed by atoms with van der Waals surface area (Å²) in [4.78, 5) is 25.6. The Bertz CT molecular complexity index is 915. The van der Waals surface area contributed by atoms with E-state index in [1.54, 1.807) is 6.07 Å². The van der Waals surface area contributed by atoms with Crippen LogP contribution in [0.15, 0.2) is 12.1 Å². The Hall–Kier alpha value is -2.29. The molecule has 1 aromatic rings. The fourth-order valence-corrected chi connectivity index (χ4v) is 5.29. The lowest BCUT2D eigenvalue weighted by Gasteiger charge is -2.60. The number of hydrogen-bond donors (Lipinski definition) is 2. The molecule has 1 heterocycles. The molecule has 3 rings (SSSR count). The molecule has 0 radical (unpaired) electrons. The number of fused-ring (bicyclic) bond motifs is 4. The van der Waals surface area contributed by atoms with Crippen LogP contribution in [-0.4, -0.2) is 53.8 Å². The van der Waals surface area contributed by atoms with Crippen molar-refractivity contribution < 1.29 is 32.6 Å². The van der Waals surface area contributed by atoms with Crippen LogP contribution in [0.1, 0.15) is 58.1 Å². The number of benzene rings is 1. The SMILES string of the molecule is CCCC(OC)C(=O)Nc1cc2c(cc1O)C[C@H]1N(C(=O)C(F)(F)F)CC[C@]2(C)C1(C)C. The van der Waals surface area contributed by atoms with Crippen molar-refractivity contribution in [3.63, 3.8) is 0 Å². The first-order valence-electron chi connectivity index (χ1n) is 10.9. The number of nitrogens with one attached hydrogen (secondary N) is 1. The number of phenolic OH excluding ortho intramolecular Hbond substituents is 1. The second-order valence-electron chi connectivity index (χ2n) is 9.55. The Morgan fingerprint density at radius 2 is 1.97 bits per heavy atom. The molecule has 1 saturated heterocycles. The average Bonchev–Trinajstić information content (AvgIpc) is 2.69. The molecule has 2 N–H and O–H groups in total. The van der Waals surface area contributed by atoms with E-state index in [1.165, 1.54) is 13.2 Å². The van der Waals surface area contributed by atoms with Gasteiger partial charge in [-0.1, -0.05) is 34.1 Å². The zero-order chi connectivity index (χ0) is 24.1. The van der Waals surface area contributed by atoms with Crippen LogP contribution in [0.5, 0.6) is 5.75 Å². The Morgan fingerprint density at radius 3 is 2.53 bits per heavy atom. The monoisotopic (exact) mass is 456 g/mol. The number of likely N-dealkylation sites (tertiary alicyclic amines) is 1. The molecular weight excluding hydrogens is 425 g/mol. The van der Waals surface area contributed by atoms with Crippen LogP contribution in [0, 0.1) is 5.41 Å². The van der Waals surface area contributed by atoms with Crippen LogP contribution >= 0.6 is 0 Å². The summed E-state index contributed by atoms with van der Waals surface area (Å²) in [5.74, 6) is -2.36. The third-order valence-electron chi connectivity index (χ3n) is 7.60. The minimum atomic E-state index is -4.93. The van der Waals surface area contributed by atoms with E-state index in [4.69, 9.17) is 4.74 Å². The average molecular weight is 457 g/mol. The first-order chi connectivity index (χ1) is 14.8. The molecule has 0 saturated carbocycles. The molecule has 6 nitrogen and oxygen atoms in total. The quantitative estimate of drug-likeness (QED) is 0.653. The lowest BCUT2D eigenvalue weighted by molar-refractivity contribution is -0.195. The highest BCUT2D eigenvalue weighted by molar-refractivity contribution is 5.95. The molecular formula is C23H31F3N2O4. The predicted molar refractivity (Wildman–Crippen MR) is 113 cm³/mol. The van der Waals surface area contributed by atoms with Gasteiger partial charge in [0, 0.05) is 25.1 Å². The van der Waals surface area contributed by atoms with E-state index in [-0.39, 0.29) is 30.3 Å². The summed E-state index contributed by atoms with van der Waals surface area (Å²) < 4.78 is 44.9. The summed E-state index contributed by atoms with van der Waals surface area (Å²) in [6.45, 7) is 7.66. The second-order valence-corrected chi connectivity index (χ2v) is 9.55. The molecule has 1 aliphatic carbocycles. The number of carbonyl (C=O) groups excluding carboxylic acids is 2. The third kappa shape index (κ3) is 3.84. The van der Waals surface area contributed by atoms with Gasteiger partial charge >= 0.3 is 12.1 Å². The van der Waals surface area contributed by atoms with E-state index in [1.807, 2.05) is 27.7 Å².